The average molecular weight is 592 g/mol. The normalized spacial score (nSPS) is 15.6. The second-order valence-corrected chi connectivity index (χ2v) is 11.3. The van der Waals surface area contributed by atoms with E-state index in [9.17, 15) is 9.50 Å². The summed E-state index contributed by atoms with van der Waals surface area (Å²) in [6, 6.07) is 32.2. The van der Waals surface area contributed by atoms with Crippen LogP contribution in [-0.2, 0) is 6.61 Å². The molecule has 1 aliphatic rings. The van der Waals surface area contributed by atoms with E-state index in [1.165, 1.54) is 31.4 Å². The van der Waals surface area contributed by atoms with Gasteiger partial charge < -0.3 is 24.6 Å². The lowest BCUT2D eigenvalue weighted by molar-refractivity contribution is 0.222. The van der Waals surface area contributed by atoms with Crippen LogP contribution < -0.4 is 19.5 Å². The molecular weight excluding hydrogens is 553 g/mol. The van der Waals surface area contributed by atoms with Crippen LogP contribution in [0.4, 0.5) is 4.39 Å². The third-order valence-corrected chi connectivity index (χ3v) is 8.36. The first kappa shape index (κ1) is 29.7. The van der Waals surface area contributed by atoms with Crippen molar-refractivity contribution < 1.29 is 23.7 Å². The van der Waals surface area contributed by atoms with Crippen LogP contribution in [0.25, 0.3) is 21.9 Å². The van der Waals surface area contributed by atoms with Crippen LogP contribution in [0.1, 0.15) is 48.5 Å². The maximum absolute atomic E-state index is 14.5. The Balaban J connectivity index is 1.32. The Morgan fingerprint density at radius 1 is 0.841 bits per heavy atom. The molecule has 0 radical (unpaired) electrons. The van der Waals surface area contributed by atoms with E-state index >= 15 is 0 Å². The molecule has 2 atom stereocenters. The minimum Gasteiger partial charge on any atom is -0.497 e. The van der Waals surface area contributed by atoms with E-state index < -0.39 is 6.10 Å². The molecule has 226 valence electrons. The van der Waals surface area contributed by atoms with Crippen molar-refractivity contribution in [2.24, 2.45) is 0 Å². The molecule has 2 unspecified atom stereocenters. The first-order chi connectivity index (χ1) is 21.6. The molecule has 0 aliphatic carbocycles. The van der Waals surface area contributed by atoms with Crippen LogP contribution in [0, 0.1) is 5.82 Å². The zero-order valence-corrected chi connectivity index (χ0v) is 25.0. The summed E-state index contributed by atoms with van der Waals surface area (Å²) in [5.41, 5.74) is 3.87. The van der Waals surface area contributed by atoms with Crippen LogP contribution in [0.15, 0.2) is 103 Å². The Labute approximate surface area is 258 Å². The SMILES string of the molecule is COc1ccc2c(C(O)c3ccc(OCCC4CCCCN4)cc3)c(-c3ccc(F)cc3OCc3ccccc3)ccc2c1. The number of ether oxygens (including phenoxy) is 3. The summed E-state index contributed by atoms with van der Waals surface area (Å²) >= 11 is 0. The third kappa shape index (κ3) is 6.88. The molecule has 1 aliphatic heterocycles. The molecule has 2 N–H and O–H groups in total. The third-order valence-electron chi connectivity index (χ3n) is 8.36. The second-order valence-electron chi connectivity index (χ2n) is 11.3. The van der Waals surface area contributed by atoms with Gasteiger partial charge in [0.25, 0.3) is 0 Å². The summed E-state index contributed by atoms with van der Waals surface area (Å²) in [5, 5.41) is 17.3. The predicted octanol–water partition coefficient (Wildman–Crippen LogP) is 8.23. The Morgan fingerprint density at radius 2 is 1.64 bits per heavy atom. The topological polar surface area (TPSA) is 60.0 Å². The molecule has 6 heteroatoms. The Hall–Kier alpha value is -4.39. The van der Waals surface area contributed by atoms with Crippen LogP contribution in [0.2, 0.25) is 0 Å². The molecule has 0 bridgehead atoms. The molecule has 0 aromatic heterocycles. The van der Waals surface area contributed by atoms with E-state index in [2.05, 4.69) is 5.32 Å². The minimum atomic E-state index is -0.963. The van der Waals surface area contributed by atoms with E-state index in [1.807, 2.05) is 84.9 Å². The van der Waals surface area contributed by atoms with Gasteiger partial charge in [0.15, 0.2) is 0 Å². The number of aliphatic hydroxyl groups excluding tert-OH is 1. The second kappa shape index (κ2) is 13.9. The Bertz CT molecular complexity index is 1680. The van der Waals surface area contributed by atoms with Gasteiger partial charge in [0.05, 0.1) is 13.7 Å². The average Bonchev–Trinajstić information content (AvgIpc) is 3.07. The standard InChI is InChI=1S/C38H38FNO4/c1-42-32-16-19-33-28(23-32)12-17-35(34-18-13-29(39)24-36(34)44-25-26-7-3-2-4-8-26)37(33)38(41)27-10-14-31(15-11-27)43-22-20-30-9-5-6-21-40-30/h2-4,7-8,10-19,23-24,30,38,40-41H,5-6,9,20-22,25H2,1H3. The van der Waals surface area contributed by atoms with Gasteiger partial charge in [-0.15, -0.1) is 0 Å². The first-order valence-electron chi connectivity index (χ1n) is 15.3. The Morgan fingerprint density at radius 3 is 2.41 bits per heavy atom. The monoisotopic (exact) mass is 591 g/mol. The number of nitrogens with one attached hydrogen (secondary N) is 1. The summed E-state index contributed by atoms with van der Waals surface area (Å²) in [5.74, 6) is 1.52. The highest BCUT2D eigenvalue weighted by atomic mass is 19.1. The van der Waals surface area contributed by atoms with Gasteiger partial charge in [-0.3, -0.25) is 0 Å². The maximum Gasteiger partial charge on any atom is 0.130 e. The molecule has 0 amide bonds. The molecule has 1 fully saturated rings. The van der Waals surface area contributed by atoms with E-state index in [0.717, 1.165) is 51.9 Å². The molecular formula is C38H38FNO4. The number of methoxy groups -OCH3 is 1. The summed E-state index contributed by atoms with van der Waals surface area (Å²) < 4.78 is 32.2. The lowest BCUT2D eigenvalue weighted by Gasteiger charge is -2.23. The van der Waals surface area contributed by atoms with Crippen LogP contribution in [0.3, 0.4) is 0 Å². The van der Waals surface area contributed by atoms with Gasteiger partial charge in [0, 0.05) is 23.2 Å². The highest BCUT2D eigenvalue weighted by Gasteiger charge is 2.22. The largest absolute Gasteiger partial charge is 0.497 e. The zero-order chi connectivity index (χ0) is 30.3. The van der Waals surface area contributed by atoms with Gasteiger partial charge in [-0.05, 0) is 89.7 Å². The van der Waals surface area contributed by atoms with Crippen molar-refractivity contribution in [1.82, 2.24) is 5.32 Å². The quantitative estimate of drug-likeness (QED) is 0.162. The van der Waals surface area contributed by atoms with Gasteiger partial charge in [-0.25, -0.2) is 4.39 Å². The molecule has 6 rings (SSSR count). The summed E-state index contributed by atoms with van der Waals surface area (Å²) in [6.45, 7) is 2.02. The smallest absolute Gasteiger partial charge is 0.130 e. The molecule has 5 nitrogen and oxygen atoms in total. The fourth-order valence-corrected chi connectivity index (χ4v) is 5.96. The van der Waals surface area contributed by atoms with Crippen molar-refractivity contribution in [3.05, 3.63) is 126 Å². The fraction of sp³-hybridized carbons (Fsp3) is 0.263. The van der Waals surface area contributed by atoms with Gasteiger partial charge in [-0.1, -0.05) is 67.1 Å². The van der Waals surface area contributed by atoms with Gasteiger partial charge in [0.1, 0.15) is 35.8 Å². The number of aliphatic hydroxyl groups is 1. The zero-order valence-electron chi connectivity index (χ0n) is 25.0. The summed E-state index contributed by atoms with van der Waals surface area (Å²) in [7, 11) is 1.63. The summed E-state index contributed by atoms with van der Waals surface area (Å²) in [4.78, 5) is 0. The highest BCUT2D eigenvalue weighted by molar-refractivity contribution is 5.94. The van der Waals surface area contributed by atoms with E-state index in [0.29, 0.717) is 29.5 Å². The number of fused-ring (bicyclic) bond motifs is 1. The molecule has 1 heterocycles. The predicted molar refractivity (Wildman–Crippen MR) is 173 cm³/mol. The summed E-state index contributed by atoms with van der Waals surface area (Å²) in [6.07, 6.45) is 3.72. The van der Waals surface area contributed by atoms with Crippen molar-refractivity contribution in [2.75, 3.05) is 20.3 Å². The van der Waals surface area contributed by atoms with Crippen molar-refractivity contribution in [3.8, 4) is 28.4 Å². The van der Waals surface area contributed by atoms with E-state index in [1.54, 1.807) is 13.2 Å². The van der Waals surface area contributed by atoms with Gasteiger partial charge >= 0.3 is 0 Å². The van der Waals surface area contributed by atoms with Crippen LogP contribution >= 0.6 is 0 Å². The van der Waals surface area contributed by atoms with Gasteiger partial charge in [-0.2, -0.15) is 0 Å². The number of benzene rings is 5. The van der Waals surface area contributed by atoms with Crippen LogP contribution in [0.5, 0.6) is 17.2 Å². The lowest BCUT2D eigenvalue weighted by atomic mass is 9.88. The fourth-order valence-electron chi connectivity index (χ4n) is 5.96. The number of rotatable bonds is 11. The maximum atomic E-state index is 14.5. The minimum absolute atomic E-state index is 0.290. The van der Waals surface area contributed by atoms with Crippen molar-refractivity contribution in [2.45, 2.75) is 44.4 Å². The lowest BCUT2D eigenvalue weighted by Crippen LogP contribution is -2.35. The molecule has 44 heavy (non-hydrogen) atoms. The number of halogens is 1. The van der Waals surface area contributed by atoms with E-state index in [4.69, 9.17) is 14.2 Å². The number of piperidine rings is 1. The highest BCUT2D eigenvalue weighted by Crippen LogP contribution is 2.42. The molecule has 0 saturated carbocycles. The van der Waals surface area contributed by atoms with Crippen molar-refractivity contribution in [1.29, 1.82) is 0 Å². The van der Waals surface area contributed by atoms with Gasteiger partial charge in [0.2, 0.25) is 0 Å². The number of hydrogen-bond acceptors (Lipinski definition) is 5. The first-order valence-corrected chi connectivity index (χ1v) is 15.3. The van der Waals surface area contributed by atoms with Crippen molar-refractivity contribution in [3.63, 3.8) is 0 Å². The van der Waals surface area contributed by atoms with E-state index in [-0.39, 0.29) is 12.4 Å². The Kier molecular flexibility index (Phi) is 9.40. The molecule has 5 aromatic rings. The molecule has 1 saturated heterocycles. The van der Waals surface area contributed by atoms with Crippen molar-refractivity contribution >= 4 is 10.8 Å². The molecule has 5 aromatic carbocycles. The molecule has 0 spiro atoms. The number of hydrogen-bond donors (Lipinski definition) is 2. The van der Waals surface area contributed by atoms with Crippen LogP contribution in [-0.4, -0.2) is 31.4 Å².